The summed E-state index contributed by atoms with van der Waals surface area (Å²) < 4.78 is 14.1. The molecule has 1 saturated heterocycles. The van der Waals surface area contributed by atoms with Crippen LogP contribution >= 0.6 is 15.9 Å². The number of benzene rings is 1. The third-order valence-electron chi connectivity index (χ3n) is 3.41. The Morgan fingerprint density at radius 3 is 2.80 bits per heavy atom. The molecule has 5 nitrogen and oxygen atoms in total. The molecule has 0 aliphatic carbocycles. The number of nitrogens with zero attached hydrogens (tertiary/aromatic N) is 1. The normalized spacial score (nSPS) is 21.9. The number of carboxylic acid groups (broad SMARTS) is 1. The highest BCUT2D eigenvalue weighted by atomic mass is 79.9. The summed E-state index contributed by atoms with van der Waals surface area (Å²) in [6, 6.07) is 2.85. The van der Waals surface area contributed by atoms with Gasteiger partial charge in [0.15, 0.2) is 0 Å². The number of carboxylic acids is 1. The molecule has 1 heterocycles. The maximum Gasteiger partial charge on any atom is 0.326 e. The molecule has 1 aliphatic rings. The predicted octanol–water partition coefficient (Wildman–Crippen LogP) is 2.92. The second kappa shape index (κ2) is 5.78. The molecule has 0 aromatic heterocycles. The molecule has 0 bridgehead atoms. The number of rotatable bonds is 2. The van der Waals surface area contributed by atoms with Crippen molar-refractivity contribution >= 4 is 33.6 Å². The summed E-state index contributed by atoms with van der Waals surface area (Å²) in [4.78, 5) is 24.6. The van der Waals surface area contributed by atoms with Gasteiger partial charge in [0.1, 0.15) is 11.9 Å². The monoisotopic (exact) mass is 344 g/mol. The van der Waals surface area contributed by atoms with Crippen molar-refractivity contribution in [3.8, 4) is 0 Å². The van der Waals surface area contributed by atoms with Crippen LogP contribution in [0.3, 0.4) is 0 Å². The standard InChI is InChI=1S/C13H14BrFN2O3/c1-7-5-6-17(11(7)12(18)19)13(20)16-10-8(14)3-2-4-9(10)15/h2-4,7,11H,5-6H2,1H3,(H,16,20)(H,18,19). The molecule has 2 atom stereocenters. The molecule has 2 unspecified atom stereocenters. The average molecular weight is 345 g/mol. The van der Waals surface area contributed by atoms with E-state index in [0.717, 1.165) is 0 Å². The summed E-state index contributed by atoms with van der Waals surface area (Å²) in [6.07, 6.45) is 0.614. The summed E-state index contributed by atoms with van der Waals surface area (Å²) in [5.74, 6) is -1.74. The van der Waals surface area contributed by atoms with Gasteiger partial charge in [-0.15, -0.1) is 0 Å². The topological polar surface area (TPSA) is 69.6 Å². The van der Waals surface area contributed by atoms with Crippen molar-refractivity contribution in [3.63, 3.8) is 0 Å². The van der Waals surface area contributed by atoms with Crippen molar-refractivity contribution in [2.45, 2.75) is 19.4 Å². The molecule has 108 valence electrons. The summed E-state index contributed by atoms with van der Waals surface area (Å²) in [5, 5.41) is 11.6. The van der Waals surface area contributed by atoms with Gasteiger partial charge in [-0.1, -0.05) is 13.0 Å². The lowest BCUT2D eigenvalue weighted by molar-refractivity contribution is -0.142. The van der Waals surface area contributed by atoms with Gasteiger partial charge in [-0.25, -0.2) is 14.0 Å². The van der Waals surface area contributed by atoms with E-state index in [1.807, 2.05) is 0 Å². The Morgan fingerprint density at radius 2 is 2.20 bits per heavy atom. The molecular formula is C13H14BrFN2O3. The Hall–Kier alpha value is -1.63. The van der Waals surface area contributed by atoms with Crippen LogP contribution in [0, 0.1) is 11.7 Å². The maximum absolute atomic E-state index is 13.7. The van der Waals surface area contributed by atoms with Crippen LogP contribution in [-0.2, 0) is 4.79 Å². The van der Waals surface area contributed by atoms with Gasteiger partial charge in [-0.05, 0) is 40.4 Å². The minimum absolute atomic E-state index is 0.0150. The van der Waals surface area contributed by atoms with Crippen molar-refractivity contribution in [1.29, 1.82) is 0 Å². The maximum atomic E-state index is 13.7. The van der Waals surface area contributed by atoms with Crippen LogP contribution in [0.15, 0.2) is 22.7 Å². The molecule has 1 fully saturated rings. The molecule has 1 aliphatic heterocycles. The Morgan fingerprint density at radius 1 is 1.50 bits per heavy atom. The van der Waals surface area contributed by atoms with Crippen molar-refractivity contribution < 1.29 is 19.1 Å². The Labute approximate surface area is 123 Å². The number of aliphatic carboxylic acids is 1. The molecule has 7 heteroatoms. The smallest absolute Gasteiger partial charge is 0.326 e. The number of amides is 2. The van der Waals surface area contributed by atoms with Gasteiger partial charge in [-0.2, -0.15) is 0 Å². The van der Waals surface area contributed by atoms with Crippen molar-refractivity contribution in [3.05, 3.63) is 28.5 Å². The third-order valence-corrected chi connectivity index (χ3v) is 4.07. The number of anilines is 1. The number of carbonyl (C=O) groups is 2. The second-order valence-corrected chi connectivity index (χ2v) is 5.62. The highest BCUT2D eigenvalue weighted by Crippen LogP contribution is 2.28. The lowest BCUT2D eigenvalue weighted by Crippen LogP contribution is -2.45. The number of para-hydroxylation sites is 1. The van der Waals surface area contributed by atoms with Gasteiger partial charge < -0.3 is 15.3 Å². The van der Waals surface area contributed by atoms with E-state index in [9.17, 15) is 19.1 Å². The third kappa shape index (κ3) is 2.77. The molecular weight excluding hydrogens is 331 g/mol. The summed E-state index contributed by atoms with van der Waals surface area (Å²) >= 11 is 3.15. The minimum atomic E-state index is -1.04. The van der Waals surface area contributed by atoms with Crippen LogP contribution in [0.4, 0.5) is 14.9 Å². The van der Waals surface area contributed by atoms with E-state index in [2.05, 4.69) is 21.2 Å². The highest BCUT2D eigenvalue weighted by Gasteiger charge is 2.39. The van der Waals surface area contributed by atoms with E-state index in [0.29, 0.717) is 17.4 Å². The van der Waals surface area contributed by atoms with Crippen molar-refractivity contribution in [1.82, 2.24) is 4.90 Å². The molecule has 1 aromatic carbocycles. The van der Waals surface area contributed by atoms with E-state index < -0.39 is 23.9 Å². The Balaban J connectivity index is 2.18. The van der Waals surface area contributed by atoms with Gasteiger partial charge in [-0.3, -0.25) is 0 Å². The first kappa shape index (κ1) is 14.8. The zero-order chi connectivity index (χ0) is 14.9. The van der Waals surface area contributed by atoms with Crippen molar-refractivity contribution in [2.24, 2.45) is 5.92 Å². The van der Waals surface area contributed by atoms with E-state index in [1.165, 1.54) is 17.0 Å². The number of likely N-dealkylation sites (tertiary alicyclic amines) is 1. The number of hydrogen-bond donors (Lipinski definition) is 2. The van der Waals surface area contributed by atoms with Gasteiger partial charge in [0.05, 0.1) is 5.69 Å². The lowest BCUT2D eigenvalue weighted by atomic mass is 10.0. The number of hydrogen-bond acceptors (Lipinski definition) is 2. The van der Waals surface area contributed by atoms with Crippen LogP contribution in [0.2, 0.25) is 0 Å². The number of halogens is 2. The summed E-state index contributed by atoms with van der Waals surface area (Å²) in [6.45, 7) is 2.13. The summed E-state index contributed by atoms with van der Waals surface area (Å²) in [7, 11) is 0. The minimum Gasteiger partial charge on any atom is -0.480 e. The van der Waals surface area contributed by atoms with Gasteiger partial charge >= 0.3 is 12.0 Å². The highest BCUT2D eigenvalue weighted by molar-refractivity contribution is 9.10. The van der Waals surface area contributed by atoms with Crippen LogP contribution in [0.1, 0.15) is 13.3 Å². The van der Waals surface area contributed by atoms with Crippen LogP contribution in [-0.4, -0.2) is 34.6 Å². The first-order valence-electron chi connectivity index (χ1n) is 6.16. The zero-order valence-electron chi connectivity index (χ0n) is 10.8. The molecule has 1 aromatic rings. The molecule has 2 rings (SSSR count). The van der Waals surface area contributed by atoms with Gasteiger partial charge in [0.25, 0.3) is 0 Å². The second-order valence-electron chi connectivity index (χ2n) is 4.77. The van der Waals surface area contributed by atoms with Gasteiger partial charge in [0.2, 0.25) is 0 Å². The number of carbonyl (C=O) groups excluding carboxylic acids is 1. The number of nitrogens with one attached hydrogen (secondary N) is 1. The zero-order valence-corrected chi connectivity index (χ0v) is 12.4. The molecule has 0 spiro atoms. The molecule has 2 N–H and O–H groups in total. The Kier molecular flexibility index (Phi) is 4.27. The van der Waals surface area contributed by atoms with Gasteiger partial charge in [0, 0.05) is 11.0 Å². The molecule has 2 amide bonds. The van der Waals surface area contributed by atoms with E-state index in [1.54, 1.807) is 13.0 Å². The van der Waals surface area contributed by atoms with E-state index in [-0.39, 0.29) is 11.6 Å². The lowest BCUT2D eigenvalue weighted by Gasteiger charge is -2.24. The quantitative estimate of drug-likeness (QED) is 0.866. The van der Waals surface area contributed by atoms with Crippen LogP contribution in [0.5, 0.6) is 0 Å². The molecule has 0 saturated carbocycles. The van der Waals surface area contributed by atoms with E-state index in [4.69, 9.17) is 0 Å². The first-order chi connectivity index (χ1) is 9.41. The van der Waals surface area contributed by atoms with Crippen LogP contribution < -0.4 is 5.32 Å². The van der Waals surface area contributed by atoms with Crippen molar-refractivity contribution in [2.75, 3.05) is 11.9 Å². The fourth-order valence-electron chi connectivity index (χ4n) is 2.35. The number of urea groups is 1. The predicted molar refractivity (Wildman–Crippen MR) is 75.0 cm³/mol. The fraction of sp³-hybridized carbons (Fsp3) is 0.385. The first-order valence-corrected chi connectivity index (χ1v) is 6.95. The summed E-state index contributed by atoms with van der Waals surface area (Å²) in [5.41, 5.74) is 0.0150. The molecule has 0 radical (unpaired) electrons. The Bertz CT molecular complexity index is 532. The average Bonchev–Trinajstić information content (AvgIpc) is 2.76. The fourth-order valence-corrected chi connectivity index (χ4v) is 2.79. The van der Waals surface area contributed by atoms with Crippen LogP contribution in [0.25, 0.3) is 0 Å². The van der Waals surface area contributed by atoms with E-state index >= 15 is 0 Å². The SMILES string of the molecule is CC1CCN(C(=O)Nc2c(F)cccc2Br)C1C(=O)O. The largest absolute Gasteiger partial charge is 0.480 e. The molecule has 20 heavy (non-hydrogen) atoms.